The zero-order chi connectivity index (χ0) is 8.84. The maximum Gasteiger partial charge on any atom is 0.0859 e. The number of aliphatic imine (C=N–C) groups is 1. The van der Waals surface area contributed by atoms with E-state index < -0.39 is 0 Å². The Labute approximate surface area is 85.2 Å². The maximum atomic E-state index is 4.60. The molecule has 3 rings (SSSR count). The van der Waals surface area contributed by atoms with Crippen LogP contribution in [0.15, 0.2) is 21.7 Å². The Morgan fingerprint density at radius 3 is 3.00 bits per heavy atom. The molecule has 1 aromatic rings. The first-order chi connectivity index (χ1) is 6.33. The fraction of sp³-hybridized carbons (Fsp3) is 0.400. The van der Waals surface area contributed by atoms with Crippen LogP contribution >= 0.6 is 15.9 Å². The molecule has 0 amide bonds. The van der Waals surface area contributed by atoms with Crippen molar-refractivity contribution in [2.75, 3.05) is 0 Å². The second kappa shape index (κ2) is 2.64. The summed E-state index contributed by atoms with van der Waals surface area (Å²) in [7, 11) is 0. The van der Waals surface area contributed by atoms with E-state index in [9.17, 15) is 0 Å². The molecule has 2 heterocycles. The summed E-state index contributed by atoms with van der Waals surface area (Å²) in [4.78, 5) is 8.96. The van der Waals surface area contributed by atoms with Gasteiger partial charge in [-0.05, 0) is 40.8 Å². The number of pyridine rings is 1. The van der Waals surface area contributed by atoms with Gasteiger partial charge in [-0.15, -0.1) is 0 Å². The van der Waals surface area contributed by atoms with Crippen molar-refractivity contribution in [2.24, 2.45) is 10.9 Å². The predicted molar refractivity (Wildman–Crippen MR) is 55.5 cm³/mol. The number of fused-ring (bicyclic) bond motifs is 1. The number of aromatic nitrogens is 1. The van der Waals surface area contributed by atoms with Crippen molar-refractivity contribution in [3.8, 4) is 0 Å². The van der Waals surface area contributed by atoms with Crippen LogP contribution < -0.4 is 0 Å². The highest BCUT2D eigenvalue weighted by Gasteiger charge is 2.31. The molecular formula is C10H9BrN2. The van der Waals surface area contributed by atoms with Gasteiger partial charge in [-0.3, -0.25) is 9.98 Å². The van der Waals surface area contributed by atoms with Crippen LogP contribution in [0, 0.1) is 5.92 Å². The minimum absolute atomic E-state index is 0.771. The van der Waals surface area contributed by atoms with E-state index in [2.05, 4.69) is 32.0 Å². The lowest BCUT2D eigenvalue weighted by Crippen LogP contribution is -2.00. The summed E-state index contributed by atoms with van der Waals surface area (Å²) in [6.45, 7) is 0. The topological polar surface area (TPSA) is 25.2 Å². The molecule has 0 atom stereocenters. The van der Waals surface area contributed by atoms with Crippen LogP contribution in [0.1, 0.15) is 18.5 Å². The lowest BCUT2D eigenvalue weighted by molar-refractivity contribution is 1.11. The molecule has 0 unspecified atom stereocenters. The molecule has 1 saturated carbocycles. The van der Waals surface area contributed by atoms with Crippen molar-refractivity contribution in [2.45, 2.75) is 19.3 Å². The largest absolute Gasteiger partial charge is 0.257 e. The van der Waals surface area contributed by atoms with Gasteiger partial charge in [0.05, 0.1) is 11.4 Å². The Morgan fingerprint density at radius 2 is 2.23 bits per heavy atom. The molecule has 0 bridgehead atoms. The molecule has 2 nitrogen and oxygen atoms in total. The summed E-state index contributed by atoms with van der Waals surface area (Å²) in [5.74, 6) is 0.771. The zero-order valence-electron chi connectivity index (χ0n) is 7.13. The van der Waals surface area contributed by atoms with Crippen LogP contribution in [-0.4, -0.2) is 10.7 Å². The molecule has 0 radical (unpaired) electrons. The maximum absolute atomic E-state index is 4.60. The lowest BCUT2D eigenvalue weighted by atomic mass is 10.1. The molecule has 0 N–H and O–H groups in total. The summed E-state index contributed by atoms with van der Waals surface area (Å²) in [5, 5.41) is 0. The van der Waals surface area contributed by atoms with Crippen LogP contribution in [0.5, 0.6) is 0 Å². The fourth-order valence-corrected chi connectivity index (χ4v) is 2.03. The number of hydrogen-bond acceptors (Lipinski definition) is 2. The Morgan fingerprint density at radius 1 is 1.38 bits per heavy atom. The van der Waals surface area contributed by atoms with E-state index in [0.29, 0.717) is 0 Å². The molecule has 13 heavy (non-hydrogen) atoms. The summed E-state index contributed by atoms with van der Waals surface area (Å²) < 4.78 is 1.02. The Balaban J connectivity index is 2.00. The number of halogens is 1. The molecule has 0 spiro atoms. The first kappa shape index (κ1) is 7.68. The number of rotatable bonds is 1. The minimum Gasteiger partial charge on any atom is -0.257 e. The fourth-order valence-electron chi connectivity index (χ4n) is 1.71. The van der Waals surface area contributed by atoms with Crippen molar-refractivity contribution in [3.63, 3.8) is 0 Å². The normalized spacial score (nSPS) is 19.9. The van der Waals surface area contributed by atoms with Crippen LogP contribution in [0.3, 0.4) is 0 Å². The van der Waals surface area contributed by atoms with Crippen LogP contribution in [0.25, 0.3) is 0 Å². The average Bonchev–Trinajstić information content (AvgIpc) is 2.87. The molecular weight excluding hydrogens is 228 g/mol. The van der Waals surface area contributed by atoms with E-state index >= 15 is 0 Å². The summed E-state index contributed by atoms with van der Waals surface area (Å²) in [6, 6.07) is 2.05. The highest BCUT2D eigenvalue weighted by molar-refractivity contribution is 9.10. The van der Waals surface area contributed by atoms with Crippen LogP contribution in [0.4, 0.5) is 5.69 Å². The number of hydrogen-bond donors (Lipinski definition) is 0. The van der Waals surface area contributed by atoms with E-state index in [0.717, 1.165) is 28.2 Å². The van der Waals surface area contributed by atoms with Gasteiger partial charge in [-0.2, -0.15) is 0 Å². The SMILES string of the molecule is Brc1cnc2c(c1)N=C(C1CC1)C2. The van der Waals surface area contributed by atoms with Crippen molar-refractivity contribution >= 4 is 27.3 Å². The van der Waals surface area contributed by atoms with Crippen molar-refractivity contribution in [1.29, 1.82) is 0 Å². The third-order valence-corrected chi connectivity index (χ3v) is 3.01. The van der Waals surface area contributed by atoms with Gasteiger partial charge >= 0.3 is 0 Å². The van der Waals surface area contributed by atoms with Gasteiger partial charge in [0.15, 0.2) is 0 Å². The monoisotopic (exact) mass is 236 g/mol. The van der Waals surface area contributed by atoms with E-state index in [4.69, 9.17) is 0 Å². The Kier molecular flexibility index (Phi) is 1.56. The standard InChI is InChI=1S/C10H9BrN2/c11-7-3-10-9(12-5-7)4-8(13-10)6-1-2-6/h3,5-6H,1-2,4H2. The van der Waals surface area contributed by atoms with Crippen molar-refractivity contribution in [1.82, 2.24) is 4.98 Å². The second-order valence-corrected chi connectivity index (χ2v) is 4.59. The average molecular weight is 237 g/mol. The van der Waals surface area contributed by atoms with Crippen LogP contribution in [0.2, 0.25) is 0 Å². The lowest BCUT2D eigenvalue weighted by Gasteiger charge is -1.94. The van der Waals surface area contributed by atoms with Gasteiger partial charge < -0.3 is 0 Å². The Hall–Kier alpha value is -0.700. The third-order valence-electron chi connectivity index (χ3n) is 2.58. The molecule has 66 valence electrons. The predicted octanol–water partition coefficient (Wildman–Crippen LogP) is 2.88. The molecule has 0 saturated heterocycles. The first-order valence-corrected chi connectivity index (χ1v) is 5.34. The second-order valence-electron chi connectivity index (χ2n) is 3.67. The molecule has 1 aromatic heterocycles. The molecule has 1 aliphatic heterocycles. The van der Waals surface area contributed by atoms with E-state index in [1.807, 2.05) is 6.20 Å². The van der Waals surface area contributed by atoms with Crippen LogP contribution in [-0.2, 0) is 6.42 Å². The third kappa shape index (κ3) is 1.31. The van der Waals surface area contributed by atoms with Crippen molar-refractivity contribution < 1.29 is 0 Å². The van der Waals surface area contributed by atoms with Crippen molar-refractivity contribution in [3.05, 3.63) is 22.4 Å². The molecule has 3 heteroatoms. The smallest absolute Gasteiger partial charge is 0.0859 e. The molecule has 0 aromatic carbocycles. The highest BCUT2D eigenvalue weighted by Crippen LogP contribution is 2.38. The van der Waals surface area contributed by atoms with E-state index in [-0.39, 0.29) is 0 Å². The van der Waals surface area contributed by atoms with E-state index in [1.54, 1.807) is 0 Å². The van der Waals surface area contributed by atoms with Gasteiger partial charge in [0, 0.05) is 22.8 Å². The molecule has 1 aliphatic carbocycles. The first-order valence-electron chi connectivity index (χ1n) is 4.55. The molecule has 1 fully saturated rings. The van der Waals surface area contributed by atoms with Gasteiger partial charge in [-0.25, -0.2) is 0 Å². The van der Waals surface area contributed by atoms with Gasteiger partial charge in [-0.1, -0.05) is 0 Å². The van der Waals surface area contributed by atoms with Gasteiger partial charge in [0.1, 0.15) is 0 Å². The number of nitrogens with zero attached hydrogens (tertiary/aromatic N) is 2. The van der Waals surface area contributed by atoms with Gasteiger partial charge in [0.2, 0.25) is 0 Å². The minimum atomic E-state index is 0.771. The quantitative estimate of drug-likeness (QED) is 0.737. The Bertz CT molecular complexity index is 394. The summed E-state index contributed by atoms with van der Waals surface area (Å²) in [5.41, 5.74) is 3.56. The highest BCUT2D eigenvalue weighted by atomic mass is 79.9. The molecule has 2 aliphatic rings. The summed E-state index contributed by atoms with van der Waals surface area (Å²) >= 11 is 3.41. The zero-order valence-corrected chi connectivity index (χ0v) is 8.71. The summed E-state index contributed by atoms with van der Waals surface area (Å²) in [6.07, 6.45) is 5.49. The van der Waals surface area contributed by atoms with Gasteiger partial charge in [0.25, 0.3) is 0 Å². The van der Waals surface area contributed by atoms with E-state index in [1.165, 1.54) is 18.6 Å².